The van der Waals surface area contributed by atoms with Crippen LogP contribution in [0.5, 0.6) is 0 Å². The molecule has 1 aromatic rings. The van der Waals surface area contributed by atoms with E-state index in [4.69, 9.17) is 0 Å². The number of carboxylic acids is 1. The Labute approximate surface area is 116 Å². The predicted octanol–water partition coefficient (Wildman–Crippen LogP) is 3.79. The molecular weight excluding hydrogens is 238 g/mol. The number of hydrogen-bond acceptors (Lipinski definition) is 2. The lowest BCUT2D eigenvalue weighted by molar-refractivity contribution is -0.147. The zero-order valence-corrected chi connectivity index (χ0v) is 12.2. The van der Waals surface area contributed by atoms with Crippen LogP contribution in [0.4, 0.5) is 5.69 Å². The van der Waals surface area contributed by atoms with E-state index in [2.05, 4.69) is 11.8 Å². The summed E-state index contributed by atoms with van der Waals surface area (Å²) < 4.78 is 0. The summed E-state index contributed by atoms with van der Waals surface area (Å²) >= 11 is 0. The van der Waals surface area contributed by atoms with Crippen LogP contribution in [0.3, 0.4) is 0 Å². The topological polar surface area (TPSA) is 40.5 Å². The number of aliphatic carboxylic acids is 1. The summed E-state index contributed by atoms with van der Waals surface area (Å²) in [5.74, 6) is -0.715. The molecule has 1 unspecified atom stereocenters. The van der Waals surface area contributed by atoms with Gasteiger partial charge in [-0.25, -0.2) is 0 Å². The Hall–Kier alpha value is -1.51. The molecule has 19 heavy (non-hydrogen) atoms. The maximum atomic E-state index is 11.5. The van der Waals surface area contributed by atoms with E-state index >= 15 is 0 Å². The van der Waals surface area contributed by atoms with Gasteiger partial charge in [-0.05, 0) is 31.9 Å². The highest BCUT2D eigenvalue weighted by Gasteiger charge is 2.33. The number of nitrogens with zero attached hydrogens (tertiary/aromatic N) is 1. The molecule has 0 spiro atoms. The van der Waals surface area contributed by atoms with Gasteiger partial charge >= 0.3 is 5.97 Å². The van der Waals surface area contributed by atoms with Crippen molar-refractivity contribution >= 4 is 11.7 Å². The van der Waals surface area contributed by atoms with Crippen LogP contribution in [0, 0.1) is 5.41 Å². The second-order valence-electron chi connectivity index (χ2n) is 5.33. The Balaban J connectivity index is 2.89. The summed E-state index contributed by atoms with van der Waals surface area (Å²) in [6.45, 7) is 7.39. The minimum atomic E-state index is -0.715. The highest BCUT2D eigenvalue weighted by molar-refractivity contribution is 5.75. The lowest BCUT2D eigenvalue weighted by atomic mass is 9.87. The summed E-state index contributed by atoms with van der Waals surface area (Å²) in [6.07, 6.45) is 2.82. The smallest absolute Gasteiger partial charge is 0.311 e. The van der Waals surface area contributed by atoms with E-state index in [9.17, 15) is 9.90 Å². The first-order valence-electron chi connectivity index (χ1n) is 7.07. The summed E-state index contributed by atoms with van der Waals surface area (Å²) in [5, 5.41) is 9.43. The van der Waals surface area contributed by atoms with E-state index in [0.29, 0.717) is 13.0 Å². The molecule has 0 aromatic heterocycles. The van der Waals surface area contributed by atoms with Gasteiger partial charge in [-0.2, -0.15) is 0 Å². The third-order valence-electron chi connectivity index (χ3n) is 3.74. The standard InChI is InChI=1S/C16H25NO2/c1-4-6-12-17(14-10-8-7-9-11-14)13-16(3,5-2)15(18)19/h7-11H,4-6,12-13H2,1-3H3,(H,18,19). The maximum absolute atomic E-state index is 11.5. The average Bonchev–Trinajstić information content (AvgIpc) is 2.44. The highest BCUT2D eigenvalue weighted by atomic mass is 16.4. The zero-order chi connectivity index (χ0) is 14.3. The van der Waals surface area contributed by atoms with Crippen molar-refractivity contribution in [2.45, 2.75) is 40.0 Å². The molecule has 0 amide bonds. The Morgan fingerprint density at radius 3 is 2.37 bits per heavy atom. The molecule has 0 bridgehead atoms. The molecule has 0 saturated heterocycles. The molecule has 0 aliphatic rings. The molecule has 1 N–H and O–H groups in total. The molecule has 106 valence electrons. The molecule has 0 saturated carbocycles. The molecule has 0 radical (unpaired) electrons. The first-order chi connectivity index (χ1) is 9.03. The fraction of sp³-hybridized carbons (Fsp3) is 0.562. The Morgan fingerprint density at radius 1 is 1.26 bits per heavy atom. The minimum absolute atomic E-state index is 0.558. The number of rotatable bonds is 8. The van der Waals surface area contributed by atoms with Crippen LogP contribution in [0.1, 0.15) is 40.0 Å². The third kappa shape index (κ3) is 4.27. The van der Waals surface area contributed by atoms with Crippen molar-refractivity contribution in [3.05, 3.63) is 30.3 Å². The number of carboxylic acid groups (broad SMARTS) is 1. The van der Waals surface area contributed by atoms with Crippen molar-refractivity contribution < 1.29 is 9.90 Å². The molecule has 1 atom stereocenters. The Bertz CT molecular complexity index is 391. The average molecular weight is 263 g/mol. The molecular formula is C16H25NO2. The normalized spacial score (nSPS) is 13.8. The van der Waals surface area contributed by atoms with Crippen LogP contribution in [0.2, 0.25) is 0 Å². The number of carbonyl (C=O) groups is 1. The molecule has 0 aliphatic carbocycles. The number of benzene rings is 1. The molecule has 3 heteroatoms. The maximum Gasteiger partial charge on any atom is 0.311 e. The lowest BCUT2D eigenvalue weighted by Crippen LogP contribution is -2.41. The highest BCUT2D eigenvalue weighted by Crippen LogP contribution is 2.26. The molecule has 3 nitrogen and oxygen atoms in total. The molecule has 0 fully saturated rings. The summed E-state index contributed by atoms with van der Waals surface area (Å²) in [5.41, 5.74) is 0.417. The van der Waals surface area contributed by atoms with E-state index in [0.717, 1.165) is 25.1 Å². The SMILES string of the molecule is CCCCN(CC(C)(CC)C(=O)O)c1ccccc1. The van der Waals surface area contributed by atoms with E-state index in [1.807, 2.05) is 44.2 Å². The Morgan fingerprint density at radius 2 is 1.89 bits per heavy atom. The number of hydrogen-bond donors (Lipinski definition) is 1. The predicted molar refractivity (Wildman–Crippen MR) is 79.6 cm³/mol. The lowest BCUT2D eigenvalue weighted by Gasteiger charge is -2.33. The van der Waals surface area contributed by atoms with Crippen molar-refractivity contribution in [2.75, 3.05) is 18.0 Å². The van der Waals surface area contributed by atoms with Crippen LogP contribution in [-0.2, 0) is 4.79 Å². The minimum Gasteiger partial charge on any atom is -0.481 e. The van der Waals surface area contributed by atoms with E-state index in [1.165, 1.54) is 0 Å². The van der Waals surface area contributed by atoms with Gasteiger partial charge in [-0.15, -0.1) is 0 Å². The van der Waals surface area contributed by atoms with Crippen molar-refractivity contribution in [2.24, 2.45) is 5.41 Å². The van der Waals surface area contributed by atoms with Crippen LogP contribution >= 0.6 is 0 Å². The fourth-order valence-corrected chi connectivity index (χ4v) is 2.04. The van der Waals surface area contributed by atoms with Crippen LogP contribution in [0.25, 0.3) is 0 Å². The van der Waals surface area contributed by atoms with Gasteiger partial charge in [-0.1, -0.05) is 38.5 Å². The van der Waals surface area contributed by atoms with Crippen molar-refractivity contribution in [3.63, 3.8) is 0 Å². The van der Waals surface area contributed by atoms with Crippen molar-refractivity contribution in [1.82, 2.24) is 0 Å². The van der Waals surface area contributed by atoms with E-state index in [1.54, 1.807) is 0 Å². The summed E-state index contributed by atoms with van der Waals surface area (Å²) in [6, 6.07) is 10.1. The monoisotopic (exact) mass is 263 g/mol. The fourth-order valence-electron chi connectivity index (χ4n) is 2.04. The Kier molecular flexibility index (Phi) is 5.87. The second kappa shape index (κ2) is 7.17. The molecule has 0 aliphatic heterocycles. The third-order valence-corrected chi connectivity index (χ3v) is 3.74. The van der Waals surface area contributed by atoms with Crippen LogP contribution in [0.15, 0.2) is 30.3 Å². The van der Waals surface area contributed by atoms with Gasteiger partial charge in [0.2, 0.25) is 0 Å². The van der Waals surface area contributed by atoms with Crippen LogP contribution < -0.4 is 4.90 Å². The largest absolute Gasteiger partial charge is 0.481 e. The van der Waals surface area contributed by atoms with Gasteiger partial charge in [0.15, 0.2) is 0 Å². The van der Waals surface area contributed by atoms with E-state index in [-0.39, 0.29) is 0 Å². The summed E-state index contributed by atoms with van der Waals surface area (Å²) in [7, 11) is 0. The van der Waals surface area contributed by atoms with Gasteiger partial charge in [0.25, 0.3) is 0 Å². The second-order valence-corrected chi connectivity index (χ2v) is 5.33. The zero-order valence-electron chi connectivity index (χ0n) is 12.2. The number of unbranched alkanes of at least 4 members (excludes halogenated alkanes) is 1. The van der Waals surface area contributed by atoms with Gasteiger partial charge < -0.3 is 10.0 Å². The van der Waals surface area contributed by atoms with Gasteiger partial charge in [0, 0.05) is 18.8 Å². The van der Waals surface area contributed by atoms with Crippen molar-refractivity contribution in [3.8, 4) is 0 Å². The molecule has 1 rings (SSSR count). The van der Waals surface area contributed by atoms with Gasteiger partial charge in [-0.3, -0.25) is 4.79 Å². The van der Waals surface area contributed by atoms with Crippen LogP contribution in [-0.4, -0.2) is 24.2 Å². The van der Waals surface area contributed by atoms with E-state index < -0.39 is 11.4 Å². The van der Waals surface area contributed by atoms with Gasteiger partial charge in [0.1, 0.15) is 0 Å². The number of anilines is 1. The van der Waals surface area contributed by atoms with Crippen molar-refractivity contribution in [1.29, 1.82) is 0 Å². The quantitative estimate of drug-likeness (QED) is 0.775. The summed E-state index contributed by atoms with van der Waals surface area (Å²) in [4.78, 5) is 13.7. The molecule has 1 aromatic carbocycles. The molecule has 0 heterocycles. The first-order valence-corrected chi connectivity index (χ1v) is 7.07. The number of para-hydroxylation sites is 1. The first kappa shape index (κ1) is 15.5. The van der Waals surface area contributed by atoms with Gasteiger partial charge in [0.05, 0.1) is 5.41 Å².